The molecule has 0 aliphatic carbocycles. The van der Waals surface area contributed by atoms with Gasteiger partial charge in [0.15, 0.2) is 6.61 Å². The molecule has 0 N–H and O–H groups in total. The van der Waals surface area contributed by atoms with Gasteiger partial charge in [-0.25, -0.2) is 0 Å². The van der Waals surface area contributed by atoms with Crippen LogP contribution in [0.25, 0.3) is 0 Å². The van der Waals surface area contributed by atoms with E-state index in [1.54, 1.807) is 21.9 Å². The number of rotatable bonds is 7. The van der Waals surface area contributed by atoms with Crippen molar-refractivity contribution >= 4 is 34.8 Å². The third-order valence-electron chi connectivity index (χ3n) is 6.51. The van der Waals surface area contributed by atoms with Crippen molar-refractivity contribution < 1.29 is 24.0 Å². The number of nitrogens with zero attached hydrogens (tertiary/aromatic N) is 4. The number of hydrogen-bond acceptors (Lipinski definition) is 7. The third kappa shape index (κ3) is 5.59. The van der Waals surface area contributed by atoms with Crippen molar-refractivity contribution in [3.63, 3.8) is 0 Å². The molecule has 2 aromatic carbocycles. The Morgan fingerprint density at radius 3 is 2.23 bits per heavy atom. The van der Waals surface area contributed by atoms with Gasteiger partial charge in [-0.15, -0.1) is 0 Å². The number of ether oxygens (including phenoxy) is 1. The quantitative estimate of drug-likeness (QED) is 0.340. The summed E-state index contributed by atoms with van der Waals surface area (Å²) in [5.41, 5.74) is 2.81. The summed E-state index contributed by atoms with van der Waals surface area (Å²) in [5.74, 6) is -1.55. The first-order valence-corrected chi connectivity index (χ1v) is 11.7. The maximum absolute atomic E-state index is 12.6. The molecule has 2 aliphatic rings. The molecule has 0 saturated carbocycles. The molecule has 10 nitrogen and oxygen atoms in total. The summed E-state index contributed by atoms with van der Waals surface area (Å²) >= 11 is 0. The Balaban J connectivity index is 1.23. The van der Waals surface area contributed by atoms with Crippen LogP contribution in [0.15, 0.2) is 48.5 Å². The number of amides is 2. The van der Waals surface area contributed by atoms with Crippen LogP contribution in [0, 0.1) is 16.0 Å². The minimum Gasteiger partial charge on any atom is -0.455 e. The summed E-state index contributed by atoms with van der Waals surface area (Å²) in [5, 5.41) is 10.8. The minimum absolute atomic E-state index is 0.0332. The Morgan fingerprint density at radius 2 is 1.63 bits per heavy atom. The van der Waals surface area contributed by atoms with E-state index < -0.39 is 16.8 Å². The van der Waals surface area contributed by atoms with Crippen molar-refractivity contribution in [1.82, 2.24) is 4.90 Å². The van der Waals surface area contributed by atoms with E-state index in [0.29, 0.717) is 26.2 Å². The lowest BCUT2D eigenvalue weighted by atomic mass is 10.1. The van der Waals surface area contributed by atoms with Crippen molar-refractivity contribution in [2.45, 2.75) is 19.8 Å². The van der Waals surface area contributed by atoms with E-state index in [-0.39, 0.29) is 37.1 Å². The molecule has 184 valence electrons. The van der Waals surface area contributed by atoms with E-state index >= 15 is 0 Å². The van der Waals surface area contributed by atoms with Crippen LogP contribution in [0.3, 0.4) is 0 Å². The molecule has 0 bridgehead atoms. The van der Waals surface area contributed by atoms with Gasteiger partial charge < -0.3 is 19.4 Å². The Morgan fingerprint density at radius 1 is 1.00 bits per heavy atom. The highest BCUT2D eigenvalue weighted by Gasteiger charge is 2.36. The number of nitro benzene ring substituents is 1. The van der Waals surface area contributed by atoms with Crippen molar-refractivity contribution in [1.29, 1.82) is 0 Å². The van der Waals surface area contributed by atoms with Crippen LogP contribution in [0.2, 0.25) is 0 Å². The van der Waals surface area contributed by atoms with Gasteiger partial charge in [-0.05, 0) is 36.2 Å². The predicted molar refractivity (Wildman–Crippen MR) is 129 cm³/mol. The Hall–Kier alpha value is -3.95. The van der Waals surface area contributed by atoms with Crippen LogP contribution in [0.1, 0.15) is 18.9 Å². The Bertz CT molecular complexity index is 1090. The first-order valence-electron chi connectivity index (χ1n) is 11.7. The monoisotopic (exact) mass is 480 g/mol. The second-order valence-corrected chi connectivity index (χ2v) is 8.67. The predicted octanol–water partition coefficient (Wildman–Crippen LogP) is 2.40. The zero-order chi connectivity index (χ0) is 24.9. The fraction of sp³-hybridized carbons (Fsp3) is 0.400. The van der Waals surface area contributed by atoms with E-state index in [2.05, 4.69) is 6.92 Å². The molecule has 0 spiro atoms. The molecule has 1 atom stereocenters. The summed E-state index contributed by atoms with van der Waals surface area (Å²) < 4.78 is 5.27. The molecule has 2 aromatic rings. The first-order chi connectivity index (χ1) is 16.9. The molecule has 35 heavy (non-hydrogen) atoms. The molecule has 4 rings (SSSR count). The summed E-state index contributed by atoms with van der Waals surface area (Å²) in [4.78, 5) is 53.2. The zero-order valence-electron chi connectivity index (χ0n) is 19.6. The first kappa shape index (κ1) is 24.2. The SMILES string of the molecule is CCc1ccc(N2CC(C(=O)OCC(=O)N3CCN(c4ccc([N+](=O)[O-])cc4)CC3)CC2=O)cc1. The van der Waals surface area contributed by atoms with Gasteiger partial charge in [0.25, 0.3) is 11.6 Å². The number of hydrogen-bond donors (Lipinski definition) is 0. The van der Waals surface area contributed by atoms with Gasteiger partial charge in [0.05, 0.1) is 10.8 Å². The van der Waals surface area contributed by atoms with Gasteiger partial charge >= 0.3 is 5.97 Å². The lowest BCUT2D eigenvalue weighted by molar-refractivity contribution is -0.384. The maximum Gasteiger partial charge on any atom is 0.311 e. The van der Waals surface area contributed by atoms with Gasteiger partial charge in [0.2, 0.25) is 5.91 Å². The number of carbonyl (C=O) groups is 3. The minimum atomic E-state index is -0.597. The Kier molecular flexibility index (Phi) is 7.28. The van der Waals surface area contributed by atoms with Crippen molar-refractivity contribution in [3.05, 3.63) is 64.2 Å². The van der Waals surface area contributed by atoms with Crippen molar-refractivity contribution in [2.75, 3.05) is 49.1 Å². The fourth-order valence-electron chi connectivity index (χ4n) is 4.37. The molecule has 2 heterocycles. The van der Waals surface area contributed by atoms with Crippen LogP contribution in [-0.4, -0.2) is 66.9 Å². The van der Waals surface area contributed by atoms with Gasteiger partial charge in [0, 0.05) is 62.7 Å². The number of anilines is 2. The topological polar surface area (TPSA) is 113 Å². The van der Waals surface area contributed by atoms with E-state index in [0.717, 1.165) is 17.8 Å². The van der Waals surface area contributed by atoms with Crippen LogP contribution >= 0.6 is 0 Å². The molecular formula is C25H28N4O6. The number of piperazine rings is 1. The fourth-order valence-corrected chi connectivity index (χ4v) is 4.37. The summed E-state index contributed by atoms with van der Waals surface area (Å²) in [6, 6.07) is 14.0. The average Bonchev–Trinajstić information content (AvgIpc) is 3.28. The molecular weight excluding hydrogens is 452 g/mol. The maximum atomic E-state index is 12.6. The van der Waals surface area contributed by atoms with E-state index in [1.807, 2.05) is 29.2 Å². The number of benzene rings is 2. The zero-order valence-corrected chi connectivity index (χ0v) is 19.6. The number of aryl methyl sites for hydroxylation is 1. The third-order valence-corrected chi connectivity index (χ3v) is 6.51. The highest BCUT2D eigenvalue weighted by atomic mass is 16.6. The highest BCUT2D eigenvalue weighted by molar-refractivity contribution is 5.99. The molecule has 0 aromatic heterocycles. The molecule has 2 saturated heterocycles. The summed E-state index contributed by atoms with van der Waals surface area (Å²) in [6.45, 7) is 3.99. The normalized spacial score (nSPS) is 18.0. The van der Waals surface area contributed by atoms with Gasteiger partial charge in [0.1, 0.15) is 0 Å². The van der Waals surface area contributed by atoms with Crippen LogP contribution in [-0.2, 0) is 25.5 Å². The van der Waals surface area contributed by atoms with Gasteiger partial charge in [-0.2, -0.15) is 0 Å². The molecule has 2 fully saturated rings. The highest BCUT2D eigenvalue weighted by Crippen LogP contribution is 2.26. The number of esters is 1. The van der Waals surface area contributed by atoms with E-state index in [1.165, 1.54) is 17.7 Å². The van der Waals surface area contributed by atoms with Crippen molar-refractivity contribution in [2.24, 2.45) is 5.92 Å². The molecule has 10 heteroatoms. The second-order valence-electron chi connectivity index (χ2n) is 8.67. The smallest absolute Gasteiger partial charge is 0.311 e. The summed E-state index contributed by atoms with van der Waals surface area (Å²) in [6.07, 6.45) is 0.972. The number of non-ortho nitro benzene ring substituents is 1. The number of carbonyl (C=O) groups excluding carboxylic acids is 3. The van der Waals surface area contributed by atoms with Crippen LogP contribution < -0.4 is 9.80 Å². The lowest BCUT2D eigenvalue weighted by Gasteiger charge is -2.36. The Labute approximate surface area is 203 Å². The van der Waals surface area contributed by atoms with Crippen LogP contribution in [0.5, 0.6) is 0 Å². The van der Waals surface area contributed by atoms with E-state index in [9.17, 15) is 24.5 Å². The molecule has 0 radical (unpaired) electrons. The number of nitro groups is 1. The molecule has 1 unspecified atom stereocenters. The lowest BCUT2D eigenvalue weighted by Crippen LogP contribution is -2.50. The second kappa shape index (κ2) is 10.5. The molecule has 2 aliphatic heterocycles. The molecule has 2 amide bonds. The van der Waals surface area contributed by atoms with Crippen LogP contribution in [0.4, 0.5) is 17.1 Å². The van der Waals surface area contributed by atoms with Gasteiger partial charge in [-0.3, -0.25) is 24.5 Å². The summed E-state index contributed by atoms with van der Waals surface area (Å²) in [7, 11) is 0. The van der Waals surface area contributed by atoms with Gasteiger partial charge in [-0.1, -0.05) is 19.1 Å². The largest absolute Gasteiger partial charge is 0.455 e. The average molecular weight is 481 g/mol. The van der Waals surface area contributed by atoms with E-state index in [4.69, 9.17) is 4.74 Å². The van der Waals surface area contributed by atoms with Crippen molar-refractivity contribution in [3.8, 4) is 0 Å². The standard InChI is InChI=1S/C25H28N4O6/c1-2-18-3-5-21(6-4-18)28-16-19(15-23(28)30)25(32)35-17-24(31)27-13-11-26(12-14-27)20-7-9-22(10-8-20)29(33)34/h3-10,19H,2,11-17H2,1H3.